The zero-order valence-corrected chi connectivity index (χ0v) is 35.9. The number of rotatable bonds is 23. The number of aliphatic carboxylic acids is 1. The Morgan fingerprint density at radius 2 is 1.77 bits per heavy atom. The molecular weight excluding hydrogens is 749 g/mol. The van der Waals surface area contributed by atoms with Crippen molar-refractivity contribution in [2.24, 2.45) is 29.1 Å². The number of nitrogen functional groups attached to an aromatic ring is 1. The molecule has 0 aliphatic carbocycles. The van der Waals surface area contributed by atoms with E-state index in [9.17, 15) is 29.1 Å². The molecule has 3 amide bonds. The fraction of sp³-hybridized carbons (Fsp3) is 0.667. The molecule has 1 aromatic heterocycles. The molecule has 1 saturated heterocycles. The molecule has 1 aromatic carbocycles. The Balaban J connectivity index is 1.93. The van der Waals surface area contributed by atoms with E-state index >= 15 is 0 Å². The van der Waals surface area contributed by atoms with Gasteiger partial charge in [0.2, 0.25) is 11.8 Å². The zero-order valence-electron chi connectivity index (χ0n) is 35.1. The first-order valence-corrected chi connectivity index (χ1v) is 21.4. The van der Waals surface area contributed by atoms with Crippen LogP contribution < -0.4 is 21.7 Å². The average Bonchev–Trinajstić information content (AvgIpc) is 3.62. The second-order valence-electron chi connectivity index (χ2n) is 16.3. The highest BCUT2D eigenvalue weighted by Gasteiger charge is 2.41. The van der Waals surface area contributed by atoms with Crippen molar-refractivity contribution in [1.82, 2.24) is 20.7 Å². The van der Waals surface area contributed by atoms with E-state index in [1.807, 2.05) is 39.8 Å². The van der Waals surface area contributed by atoms with Crippen LogP contribution in [0.2, 0.25) is 0 Å². The molecule has 318 valence electrons. The number of nitrogens with zero attached hydrogens (tertiary/aromatic N) is 2. The molecule has 0 saturated carbocycles. The molecule has 2 heterocycles. The lowest BCUT2D eigenvalue weighted by Gasteiger charge is -2.38. The van der Waals surface area contributed by atoms with Gasteiger partial charge in [-0.15, -0.1) is 11.3 Å². The zero-order chi connectivity index (χ0) is 42.3. The number of thiazole rings is 1. The van der Waals surface area contributed by atoms with Gasteiger partial charge < -0.3 is 26.2 Å². The molecule has 6 atom stereocenters. The SMILES string of the molecule is CCCCCON(C(=O)[C@H](C(=O)N[C@@H]1CCCCN1)[C@@H](C)CC)[C@H](C[C@@H](OC(C)=O)c1nc(NC(=O)[C@@H](Cc2ccc(N)cc2)CC(C)(C)C(=O)O)cs1)C(C)C. The van der Waals surface area contributed by atoms with Crippen LogP contribution >= 0.6 is 11.3 Å². The number of unbranched alkanes of at least 4 members (excludes halogenated alkanes) is 2. The Morgan fingerprint density at radius 3 is 2.35 bits per heavy atom. The number of hydroxylamine groups is 2. The number of carbonyl (C=O) groups excluding carboxylic acids is 4. The number of carboxylic acid groups (broad SMARTS) is 1. The molecule has 15 heteroatoms. The fourth-order valence-corrected chi connectivity index (χ4v) is 7.73. The van der Waals surface area contributed by atoms with E-state index in [0.29, 0.717) is 23.5 Å². The van der Waals surface area contributed by atoms with Gasteiger partial charge in [-0.2, -0.15) is 0 Å². The summed E-state index contributed by atoms with van der Waals surface area (Å²) in [5.41, 5.74) is 6.08. The van der Waals surface area contributed by atoms with Crippen LogP contribution in [0.3, 0.4) is 0 Å². The molecule has 1 fully saturated rings. The smallest absolute Gasteiger partial charge is 0.309 e. The minimum Gasteiger partial charge on any atom is -0.481 e. The molecule has 1 aliphatic rings. The fourth-order valence-electron chi connectivity index (χ4n) is 6.94. The molecule has 0 radical (unpaired) electrons. The standard InChI is InChI=1S/C42H66N6O8S/c1-9-11-14-21-55-48(40(52)36(27(5)10-2)38(51)45-34-15-12-13-20-44-34)32(26(3)4)23-33(56-28(6)49)39-47-35(25-57-39)46-37(50)30(24-42(7,8)41(53)54)22-29-16-18-31(43)19-17-29/h16-19,25-27,30,32-34,36,44H,9-15,20-24,43H2,1-8H3,(H,45,51)(H,46,50)(H,53,54)/t27-,30-,32+,33+,34+,36-/m0/s1. The monoisotopic (exact) mass is 814 g/mol. The van der Waals surface area contributed by atoms with Crippen LogP contribution in [0.25, 0.3) is 0 Å². The summed E-state index contributed by atoms with van der Waals surface area (Å²) in [6.07, 6.45) is 5.28. The van der Waals surface area contributed by atoms with Crippen LogP contribution in [0.5, 0.6) is 0 Å². The maximum Gasteiger partial charge on any atom is 0.309 e. The van der Waals surface area contributed by atoms with Crippen LogP contribution in [0.15, 0.2) is 29.6 Å². The number of nitrogens with two attached hydrogens (primary N) is 1. The highest BCUT2D eigenvalue weighted by Crippen LogP contribution is 2.34. The third kappa shape index (κ3) is 14.7. The van der Waals surface area contributed by atoms with Gasteiger partial charge in [-0.1, -0.05) is 66.0 Å². The number of hydrogen-bond acceptors (Lipinski definition) is 11. The highest BCUT2D eigenvalue weighted by molar-refractivity contribution is 7.10. The lowest BCUT2D eigenvalue weighted by Crippen LogP contribution is -2.55. The predicted octanol–water partition coefficient (Wildman–Crippen LogP) is 6.87. The van der Waals surface area contributed by atoms with Gasteiger partial charge >= 0.3 is 11.9 Å². The van der Waals surface area contributed by atoms with Crippen LogP contribution in [0.4, 0.5) is 11.5 Å². The second-order valence-corrected chi connectivity index (χ2v) is 17.2. The Morgan fingerprint density at radius 1 is 1.07 bits per heavy atom. The van der Waals surface area contributed by atoms with E-state index in [1.165, 1.54) is 23.3 Å². The van der Waals surface area contributed by atoms with Gasteiger partial charge in [0.25, 0.3) is 5.91 Å². The van der Waals surface area contributed by atoms with Gasteiger partial charge in [-0.3, -0.25) is 34.1 Å². The summed E-state index contributed by atoms with van der Waals surface area (Å²) in [4.78, 5) is 77.9. The van der Waals surface area contributed by atoms with Gasteiger partial charge in [-0.05, 0) is 88.4 Å². The van der Waals surface area contributed by atoms with E-state index < -0.39 is 53.1 Å². The number of ether oxygens (including phenoxy) is 1. The Hall–Kier alpha value is -4.08. The number of nitrogens with one attached hydrogen (secondary N) is 3. The molecule has 14 nitrogen and oxygen atoms in total. The van der Waals surface area contributed by atoms with E-state index in [2.05, 4.69) is 27.9 Å². The Bertz CT molecular complexity index is 1610. The normalized spacial score (nSPS) is 17.2. The maximum atomic E-state index is 14.7. The third-order valence-electron chi connectivity index (χ3n) is 10.6. The average molecular weight is 815 g/mol. The first-order valence-electron chi connectivity index (χ1n) is 20.5. The summed E-state index contributed by atoms with van der Waals surface area (Å²) in [5.74, 6) is -4.74. The van der Waals surface area contributed by atoms with Crippen molar-refractivity contribution in [1.29, 1.82) is 0 Å². The molecule has 0 spiro atoms. The van der Waals surface area contributed by atoms with Gasteiger partial charge in [0, 0.05) is 30.3 Å². The topological polar surface area (TPSA) is 202 Å². The summed E-state index contributed by atoms with van der Waals surface area (Å²) in [5, 5.41) is 22.5. The number of esters is 1. The number of aromatic nitrogens is 1. The van der Waals surface area contributed by atoms with Crippen molar-refractivity contribution in [3.63, 3.8) is 0 Å². The van der Waals surface area contributed by atoms with E-state index in [0.717, 1.165) is 44.2 Å². The number of anilines is 2. The first-order chi connectivity index (χ1) is 27.0. The molecule has 0 bridgehead atoms. The number of amides is 3. The largest absolute Gasteiger partial charge is 0.481 e. The minimum absolute atomic E-state index is 0.0661. The molecule has 6 N–H and O–H groups in total. The minimum atomic E-state index is -1.18. The van der Waals surface area contributed by atoms with Gasteiger partial charge in [-0.25, -0.2) is 10.0 Å². The summed E-state index contributed by atoms with van der Waals surface area (Å²) in [6.45, 7) is 15.3. The number of piperidine rings is 1. The van der Waals surface area contributed by atoms with Crippen LogP contribution in [-0.2, 0) is 40.0 Å². The second kappa shape index (κ2) is 22.8. The molecule has 2 aromatic rings. The van der Waals surface area contributed by atoms with Crippen molar-refractivity contribution in [2.75, 3.05) is 24.2 Å². The molecule has 0 unspecified atom stereocenters. The van der Waals surface area contributed by atoms with Crippen LogP contribution in [0.1, 0.15) is 130 Å². The summed E-state index contributed by atoms with van der Waals surface area (Å²) in [6, 6.07) is 6.47. The Labute approximate surface area is 342 Å². The summed E-state index contributed by atoms with van der Waals surface area (Å²) < 4.78 is 5.85. The summed E-state index contributed by atoms with van der Waals surface area (Å²) in [7, 11) is 0. The third-order valence-corrected chi connectivity index (χ3v) is 11.6. The quantitative estimate of drug-likeness (QED) is 0.0258. The lowest BCUT2D eigenvalue weighted by molar-refractivity contribution is -0.215. The van der Waals surface area contributed by atoms with E-state index in [-0.39, 0.29) is 55.6 Å². The van der Waals surface area contributed by atoms with Gasteiger partial charge in [0.1, 0.15) is 16.7 Å². The first kappa shape index (κ1) is 47.3. The van der Waals surface area contributed by atoms with Gasteiger partial charge in [0.05, 0.1) is 24.2 Å². The Kier molecular flexibility index (Phi) is 18.9. The number of carbonyl (C=O) groups is 5. The van der Waals surface area contributed by atoms with Crippen molar-refractivity contribution in [3.8, 4) is 0 Å². The molecule has 57 heavy (non-hydrogen) atoms. The van der Waals surface area contributed by atoms with Crippen molar-refractivity contribution in [2.45, 2.75) is 138 Å². The van der Waals surface area contributed by atoms with Crippen LogP contribution in [-0.4, -0.2) is 70.2 Å². The van der Waals surface area contributed by atoms with Crippen molar-refractivity contribution < 1.29 is 38.7 Å². The van der Waals surface area contributed by atoms with E-state index in [1.54, 1.807) is 31.4 Å². The van der Waals surface area contributed by atoms with Gasteiger partial charge in [0.15, 0.2) is 6.10 Å². The molecular formula is C42H66N6O8S. The van der Waals surface area contributed by atoms with E-state index in [4.69, 9.17) is 15.3 Å². The number of carboxylic acids is 1. The lowest BCUT2D eigenvalue weighted by atomic mass is 9.80. The maximum absolute atomic E-state index is 14.7. The number of hydrogen-bond donors (Lipinski definition) is 5. The summed E-state index contributed by atoms with van der Waals surface area (Å²) >= 11 is 1.19. The predicted molar refractivity (Wildman–Crippen MR) is 222 cm³/mol. The van der Waals surface area contributed by atoms with Crippen LogP contribution in [0, 0.1) is 29.1 Å². The van der Waals surface area contributed by atoms with Crippen molar-refractivity contribution in [3.05, 3.63) is 40.2 Å². The molecule has 3 rings (SSSR count). The number of benzene rings is 1. The highest BCUT2D eigenvalue weighted by atomic mass is 32.1. The molecule has 1 aliphatic heterocycles. The van der Waals surface area contributed by atoms with Crippen molar-refractivity contribution >= 4 is 52.5 Å².